The van der Waals surface area contributed by atoms with Crippen LogP contribution in [0.25, 0.3) is 0 Å². The maximum Gasteiger partial charge on any atom is 0.339 e. The predicted octanol–water partition coefficient (Wildman–Crippen LogP) is 2.81. The van der Waals surface area contributed by atoms with Crippen molar-refractivity contribution >= 4 is 23.4 Å². The Morgan fingerprint density at radius 1 is 1.16 bits per heavy atom. The first-order valence-electron chi connectivity index (χ1n) is 12.6. The van der Waals surface area contributed by atoms with Gasteiger partial charge in [0.2, 0.25) is 5.91 Å². The summed E-state index contributed by atoms with van der Waals surface area (Å²) in [6.45, 7) is 6.54. The summed E-state index contributed by atoms with van der Waals surface area (Å²) in [6, 6.07) is 7.32. The Kier molecular flexibility index (Phi) is 9.89. The molecule has 0 saturated carbocycles. The molecule has 2 heterocycles. The Hall–Kier alpha value is -3.86. The van der Waals surface area contributed by atoms with Crippen molar-refractivity contribution in [2.75, 3.05) is 33.2 Å². The van der Waals surface area contributed by atoms with Gasteiger partial charge in [0, 0.05) is 37.8 Å². The van der Waals surface area contributed by atoms with E-state index in [1.807, 2.05) is 18.2 Å². The minimum Gasteiger partial charge on any atom is -0.497 e. The van der Waals surface area contributed by atoms with Crippen LogP contribution in [0, 0.1) is 0 Å². The number of esters is 1. The highest BCUT2D eigenvalue weighted by Crippen LogP contribution is 2.26. The molecule has 2 atom stereocenters. The van der Waals surface area contributed by atoms with Crippen LogP contribution in [0.3, 0.4) is 0 Å². The number of anilines is 1. The van der Waals surface area contributed by atoms with Crippen LogP contribution in [0.2, 0.25) is 0 Å². The summed E-state index contributed by atoms with van der Waals surface area (Å²) in [5, 5.41) is 13.2. The summed E-state index contributed by atoms with van der Waals surface area (Å²) in [5.41, 5.74) is 1.97. The zero-order valence-electron chi connectivity index (χ0n) is 22.9. The number of fused-ring (bicyclic) bond motifs is 1. The van der Waals surface area contributed by atoms with Crippen LogP contribution < -0.4 is 30.7 Å². The van der Waals surface area contributed by atoms with Crippen molar-refractivity contribution in [1.29, 1.82) is 0 Å². The molecule has 11 heteroatoms. The standard InChI is InChI=1S/C27H38N6O5/c1-7-8-11-27(3,16-30-17(2)34)33-24-23-21(12-19(15-28-23)25(35)38-6)31-26(32-24)29-14-18-9-10-20(36-4)13-22(18)37-5/h9-10,12-13,15,26,29,31H,7-8,11,14,16H2,1-6H3,(H,30,34)(H,32,33)/t26?,27-/m1/s1. The van der Waals surface area contributed by atoms with E-state index in [2.05, 4.69) is 40.1 Å². The number of amides is 1. The van der Waals surface area contributed by atoms with Crippen LogP contribution in [0.15, 0.2) is 35.5 Å². The number of carbonyl (C=O) groups is 2. The second-order valence-corrected chi connectivity index (χ2v) is 9.39. The van der Waals surface area contributed by atoms with Crippen molar-refractivity contribution in [3.8, 4) is 11.5 Å². The van der Waals surface area contributed by atoms with Gasteiger partial charge in [-0.2, -0.15) is 0 Å². The smallest absolute Gasteiger partial charge is 0.339 e. The number of rotatable bonds is 12. The number of hydrogen-bond donors (Lipinski definition) is 4. The van der Waals surface area contributed by atoms with E-state index in [4.69, 9.17) is 19.2 Å². The molecule has 206 valence electrons. The van der Waals surface area contributed by atoms with Crippen molar-refractivity contribution in [3.05, 3.63) is 47.3 Å². The summed E-state index contributed by atoms with van der Waals surface area (Å²) < 4.78 is 15.7. The Bertz CT molecular complexity index is 1170. The number of nitrogens with zero attached hydrogens (tertiary/aromatic N) is 2. The molecule has 38 heavy (non-hydrogen) atoms. The number of benzene rings is 1. The van der Waals surface area contributed by atoms with Gasteiger partial charge in [-0.3, -0.25) is 10.1 Å². The maximum atomic E-state index is 12.2. The Morgan fingerprint density at radius 3 is 2.61 bits per heavy atom. The summed E-state index contributed by atoms with van der Waals surface area (Å²) in [7, 11) is 4.55. The molecule has 3 rings (SSSR count). The molecule has 1 aromatic heterocycles. The number of hydrogen-bond acceptors (Lipinski definition) is 10. The van der Waals surface area contributed by atoms with Crippen molar-refractivity contribution in [2.45, 2.75) is 58.4 Å². The lowest BCUT2D eigenvalue weighted by molar-refractivity contribution is -0.119. The number of carbonyl (C=O) groups excluding carboxylic acids is 2. The van der Waals surface area contributed by atoms with Crippen LogP contribution >= 0.6 is 0 Å². The number of aliphatic imine (C=N–C) groups is 1. The number of aromatic nitrogens is 1. The number of methoxy groups -OCH3 is 3. The van der Waals surface area contributed by atoms with Gasteiger partial charge in [-0.1, -0.05) is 25.8 Å². The van der Waals surface area contributed by atoms with Crippen molar-refractivity contribution in [2.24, 2.45) is 4.99 Å². The van der Waals surface area contributed by atoms with Gasteiger partial charge in [-0.05, 0) is 25.5 Å². The molecule has 4 N–H and O–H groups in total. The van der Waals surface area contributed by atoms with Gasteiger partial charge in [-0.25, -0.2) is 14.8 Å². The summed E-state index contributed by atoms with van der Waals surface area (Å²) in [5.74, 6) is 1.36. The molecule has 0 aliphatic carbocycles. The first-order chi connectivity index (χ1) is 18.2. The normalized spacial score (nSPS) is 15.7. The zero-order chi connectivity index (χ0) is 27.7. The monoisotopic (exact) mass is 526 g/mol. The molecule has 1 aliphatic heterocycles. The molecular formula is C27H38N6O5. The fraction of sp³-hybridized carbons (Fsp3) is 0.481. The Labute approximate surface area is 223 Å². The quantitative estimate of drug-likeness (QED) is 0.308. The lowest BCUT2D eigenvalue weighted by Gasteiger charge is -2.35. The number of nitrogens with one attached hydrogen (secondary N) is 4. The van der Waals surface area contributed by atoms with Gasteiger partial charge in [0.15, 0.2) is 12.1 Å². The van der Waals surface area contributed by atoms with Gasteiger partial charge in [0.1, 0.15) is 17.2 Å². The van der Waals surface area contributed by atoms with Gasteiger partial charge >= 0.3 is 5.97 Å². The van der Waals surface area contributed by atoms with Crippen molar-refractivity contribution in [1.82, 2.24) is 20.9 Å². The SMILES string of the molecule is CCCC[C@](C)(CNC(C)=O)NC1=NC(NCc2ccc(OC)cc2OC)Nc2cc(C(=O)OC)cnc21. The molecule has 1 amide bonds. The highest BCUT2D eigenvalue weighted by atomic mass is 16.5. The predicted molar refractivity (Wildman–Crippen MR) is 146 cm³/mol. The highest BCUT2D eigenvalue weighted by Gasteiger charge is 2.30. The second-order valence-electron chi connectivity index (χ2n) is 9.39. The molecule has 1 aliphatic rings. The van der Waals surface area contributed by atoms with Crippen LogP contribution in [-0.2, 0) is 16.1 Å². The molecule has 0 fully saturated rings. The van der Waals surface area contributed by atoms with Crippen molar-refractivity contribution in [3.63, 3.8) is 0 Å². The Morgan fingerprint density at radius 2 is 1.95 bits per heavy atom. The molecule has 1 unspecified atom stereocenters. The lowest BCUT2D eigenvalue weighted by atomic mass is 9.94. The van der Waals surface area contributed by atoms with E-state index in [0.29, 0.717) is 47.4 Å². The third-order valence-electron chi connectivity index (χ3n) is 6.29. The van der Waals surface area contributed by atoms with Gasteiger partial charge in [0.25, 0.3) is 0 Å². The summed E-state index contributed by atoms with van der Waals surface area (Å²) in [4.78, 5) is 33.3. The molecule has 11 nitrogen and oxygen atoms in total. The lowest BCUT2D eigenvalue weighted by Crippen LogP contribution is -2.55. The summed E-state index contributed by atoms with van der Waals surface area (Å²) >= 11 is 0. The molecule has 0 radical (unpaired) electrons. The number of ether oxygens (including phenoxy) is 3. The topological polar surface area (TPSA) is 135 Å². The van der Waals surface area contributed by atoms with Crippen LogP contribution in [0.4, 0.5) is 5.69 Å². The minimum absolute atomic E-state index is 0.101. The summed E-state index contributed by atoms with van der Waals surface area (Å²) in [6.07, 6.45) is 3.72. The fourth-order valence-corrected chi connectivity index (χ4v) is 4.12. The van der Waals surface area contributed by atoms with E-state index in [0.717, 1.165) is 24.8 Å². The van der Waals surface area contributed by atoms with E-state index in [1.165, 1.54) is 20.2 Å². The molecule has 0 bridgehead atoms. The van der Waals surface area contributed by atoms with Gasteiger partial charge in [-0.15, -0.1) is 0 Å². The van der Waals surface area contributed by atoms with E-state index in [9.17, 15) is 9.59 Å². The van der Waals surface area contributed by atoms with E-state index < -0.39 is 17.8 Å². The number of unbranched alkanes of at least 4 members (excludes halogenated alkanes) is 1. The zero-order valence-corrected chi connectivity index (χ0v) is 22.9. The average molecular weight is 527 g/mol. The largest absolute Gasteiger partial charge is 0.497 e. The van der Waals surface area contributed by atoms with Crippen LogP contribution in [0.5, 0.6) is 11.5 Å². The molecule has 0 saturated heterocycles. The van der Waals surface area contributed by atoms with E-state index in [1.54, 1.807) is 20.3 Å². The average Bonchev–Trinajstić information content (AvgIpc) is 2.93. The van der Waals surface area contributed by atoms with Crippen molar-refractivity contribution < 1.29 is 23.8 Å². The third-order valence-corrected chi connectivity index (χ3v) is 6.29. The number of amidine groups is 1. The first kappa shape index (κ1) is 28.7. The molecule has 1 aromatic carbocycles. The van der Waals surface area contributed by atoms with E-state index in [-0.39, 0.29) is 5.91 Å². The van der Waals surface area contributed by atoms with Crippen LogP contribution in [0.1, 0.15) is 61.6 Å². The molecular weight excluding hydrogens is 488 g/mol. The Balaban J connectivity index is 1.92. The minimum atomic E-state index is -0.539. The molecule has 0 spiro atoms. The van der Waals surface area contributed by atoms with Gasteiger partial charge in [0.05, 0.1) is 38.1 Å². The third kappa shape index (κ3) is 7.34. The highest BCUT2D eigenvalue weighted by molar-refractivity contribution is 6.04. The fourth-order valence-electron chi connectivity index (χ4n) is 4.12. The first-order valence-corrected chi connectivity index (χ1v) is 12.6. The van der Waals surface area contributed by atoms with Crippen LogP contribution in [-0.4, -0.2) is 62.4 Å². The van der Waals surface area contributed by atoms with E-state index >= 15 is 0 Å². The number of pyridine rings is 1. The van der Waals surface area contributed by atoms with Gasteiger partial charge < -0.3 is 30.2 Å². The molecule has 2 aromatic rings. The maximum absolute atomic E-state index is 12.2. The second kappa shape index (κ2) is 13.1.